The number of hydrogen-bond acceptors (Lipinski definition) is 1. The van der Waals surface area contributed by atoms with Crippen molar-refractivity contribution in [3.05, 3.63) is 35.4 Å². The first-order valence-corrected chi connectivity index (χ1v) is 3.26. The zero-order valence-electron chi connectivity index (χ0n) is 6.35. The molecule has 0 aliphatic rings. The van der Waals surface area contributed by atoms with Crippen LogP contribution >= 0.6 is 0 Å². The fourth-order valence-electron chi connectivity index (χ4n) is 0.848. The number of benzene rings is 1. The van der Waals surface area contributed by atoms with E-state index in [9.17, 15) is 13.6 Å². The van der Waals surface area contributed by atoms with E-state index in [-0.39, 0.29) is 27.9 Å². The monoisotopic (exact) mass is 279 g/mol. The fourth-order valence-corrected chi connectivity index (χ4v) is 0.848. The van der Waals surface area contributed by atoms with Crippen LogP contribution in [0.3, 0.4) is 0 Å². The Morgan fingerprint density at radius 2 is 2.00 bits per heavy atom. The SMILES string of the molecule is O=C(O)Cc1cccc(F)c1F.[Ag]. The third kappa shape index (κ3) is 3.26. The maximum absolute atomic E-state index is 12.7. The van der Waals surface area contributed by atoms with Gasteiger partial charge < -0.3 is 5.11 Å². The van der Waals surface area contributed by atoms with Gasteiger partial charge in [-0.05, 0) is 6.07 Å². The second-order valence-corrected chi connectivity index (χ2v) is 2.28. The summed E-state index contributed by atoms with van der Waals surface area (Å²) in [6.07, 6.45) is -0.496. The van der Waals surface area contributed by atoms with Gasteiger partial charge in [0.05, 0.1) is 6.42 Å². The second-order valence-electron chi connectivity index (χ2n) is 2.28. The molecule has 2 nitrogen and oxygen atoms in total. The molecule has 0 atom stereocenters. The zero-order chi connectivity index (χ0) is 9.14. The predicted molar refractivity (Wildman–Crippen MR) is 37.7 cm³/mol. The summed E-state index contributed by atoms with van der Waals surface area (Å²) in [5.41, 5.74) is -0.137. The van der Waals surface area contributed by atoms with Crippen LogP contribution in [0.25, 0.3) is 0 Å². The molecule has 0 spiro atoms. The van der Waals surface area contributed by atoms with Crippen molar-refractivity contribution in [3.63, 3.8) is 0 Å². The number of halogens is 2. The van der Waals surface area contributed by atoms with E-state index in [0.717, 1.165) is 6.07 Å². The van der Waals surface area contributed by atoms with Gasteiger partial charge in [0.25, 0.3) is 0 Å². The van der Waals surface area contributed by atoms with E-state index in [1.54, 1.807) is 0 Å². The van der Waals surface area contributed by atoms with Gasteiger partial charge in [0, 0.05) is 27.9 Å². The maximum Gasteiger partial charge on any atom is 0.307 e. The molecule has 0 unspecified atom stereocenters. The number of carboxylic acids is 1. The van der Waals surface area contributed by atoms with Crippen molar-refractivity contribution in [3.8, 4) is 0 Å². The van der Waals surface area contributed by atoms with Crippen molar-refractivity contribution in [2.75, 3.05) is 0 Å². The Kier molecular flexibility index (Phi) is 4.83. The quantitative estimate of drug-likeness (QED) is 0.835. The standard InChI is InChI=1S/C8H6F2O2.Ag/c9-6-3-1-2-5(8(6)10)4-7(11)12;/h1-3H,4H2,(H,11,12);. The summed E-state index contributed by atoms with van der Waals surface area (Å²) < 4.78 is 25.2. The smallest absolute Gasteiger partial charge is 0.307 e. The van der Waals surface area contributed by atoms with Crippen LogP contribution in [0.4, 0.5) is 8.78 Å². The van der Waals surface area contributed by atoms with Gasteiger partial charge in [0.15, 0.2) is 11.6 Å². The van der Waals surface area contributed by atoms with E-state index in [1.807, 2.05) is 0 Å². The predicted octanol–water partition coefficient (Wildman–Crippen LogP) is 1.59. The van der Waals surface area contributed by atoms with Crippen LogP contribution < -0.4 is 0 Å². The van der Waals surface area contributed by atoms with Crippen LogP contribution in [0, 0.1) is 11.6 Å². The Morgan fingerprint density at radius 3 is 2.54 bits per heavy atom. The number of aliphatic carboxylic acids is 1. The van der Waals surface area contributed by atoms with E-state index in [2.05, 4.69) is 0 Å². The van der Waals surface area contributed by atoms with E-state index in [0.29, 0.717) is 0 Å². The van der Waals surface area contributed by atoms with Crippen molar-refractivity contribution >= 4 is 5.97 Å². The molecular formula is C8H6AgF2O2. The molecule has 0 saturated heterocycles. The van der Waals surface area contributed by atoms with Crippen molar-refractivity contribution in [2.24, 2.45) is 0 Å². The topological polar surface area (TPSA) is 37.3 Å². The molecular weight excluding hydrogens is 274 g/mol. The largest absolute Gasteiger partial charge is 0.481 e. The Balaban J connectivity index is 0.00000144. The molecule has 0 aromatic heterocycles. The van der Waals surface area contributed by atoms with Crippen molar-refractivity contribution < 1.29 is 41.1 Å². The van der Waals surface area contributed by atoms with Gasteiger partial charge >= 0.3 is 5.97 Å². The summed E-state index contributed by atoms with van der Waals surface area (Å²) in [5, 5.41) is 8.29. The van der Waals surface area contributed by atoms with Gasteiger partial charge in [-0.3, -0.25) is 4.79 Å². The minimum Gasteiger partial charge on any atom is -0.481 e. The first-order chi connectivity index (χ1) is 5.61. The molecule has 0 heterocycles. The van der Waals surface area contributed by atoms with Gasteiger partial charge in [-0.15, -0.1) is 0 Å². The molecule has 1 N–H and O–H groups in total. The van der Waals surface area contributed by atoms with Gasteiger partial charge in [-0.2, -0.15) is 0 Å². The molecule has 0 fully saturated rings. The third-order valence-corrected chi connectivity index (χ3v) is 1.37. The Hall–Kier alpha value is -0.710. The van der Waals surface area contributed by atoms with E-state index >= 15 is 0 Å². The molecule has 1 aromatic carbocycles. The average molecular weight is 280 g/mol. The molecule has 13 heavy (non-hydrogen) atoms. The minimum absolute atomic E-state index is 0. The van der Waals surface area contributed by atoms with Gasteiger partial charge in [0.2, 0.25) is 0 Å². The molecule has 0 bridgehead atoms. The van der Waals surface area contributed by atoms with E-state index in [4.69, 9.17) is 5.11 Å². The number of rotatable bonds is 2. The first kappa shape index (κ1) is 12.3. The summed E-state index contributed by atoms with van der Waals surface area (Å²) in [4.78, 5) is 10.1. The van der Waals surface area contributed by atoms with Crippen LogP contribution in [0.1, 0.15) is 5.56 Å². The van der Waals surface area contributed by atoms with Gasteiger partial charge in [-0.1, -0.05) is 12.1 Å². The second kappa shape index (κ2) is 5.11. The van der Waals surface area contributed by atoms with Gasteiger partial charge in [0.1, 0.15) is 0 Å². The number of carboxylic acid groups (broad SMARTS) is 1. The molecule has 75 valence electrons. The van der Waals surface area contributed by atoms with Crippen molar-refractivity contribution in [1.29, 1.82) is 0 Å². The summed E-state index contributed by atoms with van der Waals surface area (Å²) >= 11 is 0. The number of hydrogen-bond donors (Lipinski definition) is 1. The average Bonchev–Trinajstić information content (AvgIpc) is 1.98. The van der Waals surface area contributed by atoms with E-state index < -0.39 is 24.0 Å². The van der Waals surface area contributed by atoms with Crippen LogP contribution in [0.2, 0.25) is 0 Å². The first-order valence-electron chi connectivity index (χ1n) is 3.26. The minimum atomic E-state index is -1.18. The summed E-state index contributed by atoms with van der Waals surface area (Å²) in [6.45, 7) is 0. The van der Waals surface area contributed by atoms with Crippen molar-refractivity contribution in [1.82, 2.24) is 0 Å². The number of carbonyl (C=O) groups is 1. The zero-order valence-corrected chi connectivity index (χ0v) is 7.83. The molecule has 0 aliphatic heterocycles. The summed E-state index contributed by atoms with van der Waals surface area (Å²) in [6, 6.07) is 3.46. The molecule has 0 saturated carbocycles. The molecule has 1 radical (unpaired) electrons. The Bertz CT molecular complexity index is 315. The third-order valence-electron chi connectivity index (χ3n) is 1.37. The molecule has 0 aliphatic carbocycles. The Labute approximate surface area is 89.1 Å². The fraction of sp³-hybridized carbons (Fsp3) is 0.125. The van der Waals surface area contributed by atoms with Crippen molar-refractivity contribution in [2.45, 2.75) is 6.42 Å². The van der Waals surface area contributed by atoms with Crippen LogP contribution in [-0.2, 0) is 33.6 Å². The maximum atomic E-state index is 12.7. The van der Waals surface area contributed by atoms with Crippen LogP contribution in [-0.4, -0.2) is 11.1 Å². The Morgan fingerprint density at radius 1 is 1.38 bits per heavy atom. The normalized spacial score (nSPS) is 9.08. The summed E-state index contributed by atoms with van der Waals surface area (Å²) in [5.74, 6) is -3.28. The van der Waals surface area contributed by atoms with E-state index in [1.165, 1.54) is 12.1 Å². The van der Waals surface area contributed by atoms with Crippen LogP contribution in [0.5, 0.6) is 0 Å². The molecule has 0 amide bonds. The molecule has 1 rings (SSSR count). The molecule has 1 aromatic rings. The van der Waals surface area contributed by atoms with Crippen LogP contribution in [0.15, 0.2) is 18.2 Å². The molecule has 5 heteroatoms. The summed E-state index contributed by atoms with van der Waals surface area (Å²) in [7, 11) is 0. The van der Waals surface area contributed by atoms with Gasteiger partial charge in [-0.25, -0.2) is 8.78 Å².